The van der Waals surface area contributed by atoms with Gasteiger partial charge in [0.25, 0.3) is 5.91 Å². The summed E-state index contributed by atoms with van der Waals surface area (Å²) in [5.41, 5.74) is 3.62. The highest BCUT2D eigenvalue weighted by molar-refractivity contribution is 6.30. The average Bonchev–Trinajstić information content (AvgIpc) is 2.54. The highest BCUT2D eigenvalue weighted by Gasteiger charge is 2.22. The highest BCUT2D eigenvalue weighted by Crippen LogP contribution is 2.22. The first-order chi connectivity index (χ1) is 11.8. The quantitative estimate of drug-likeness (QED) is 0.612. The third-order valence-corrected chi connectivity index (χ3v) is 3.65. The van der Waals surface area contributed by atoms with E-state index in [0.29, 0.717) is 22.9 Å². The zero-order valence-electron chi connectivity index (χ0n) is 14.4. The molecule has 0 radical (unpaired) electrons. The Bertz CT molecular complexity index is 765. The van der Waals surface area contributed by atoms with Crippen molar-refractivity contribution in [3.63, 3.8) is 0 Å². The van der Waals surface area contributed by atoms with Gasteiger partial charge in [0.2, 0.25) is 0 Å². The van der Waals surface area contributed by atoms with E-state index in [1.807, 2.05) is 31.2 Å². The molecule has 0 aliphatic rings. The monoisotopic (exact) mass is 360 g/mol. The van der Waals surface area contributed by atoms with Crippen LogP contribution in [0.3, 0.4) is 0 Å². The summed E-state index contributed by atoms with van der Waals surface area (Å²) in [6.07, 6.45) is 1.43. The molecule has 0 saturated carbocycles. The number of aryl methyl sites for hydroxylation is 1. The maximum atomic E-state index is 11.6. The predicted molar refractivity (Wildman–Crippen MR) is 99.0 cm³/mol. The molecular weight excluding hydrogens is 340 g/mol. The van der Waals surface area contributed by atoms with Crippen LogP contribution in [0.25, 0.3) is 0 Å². The molecule has 0 saturated heterocycles. The third kappa shape index (κ3) is 5.89. The van der Waals surface area contributed by atoms with Gasteiger partial charge in [0.1, 0.15) is 18.0 Å². The van der Waals surface area contributed by atoms with Gasteiger partial charge in [-0.2, -0.15) is 5.10 Å². The number of hydrogen-bond acceptors (Lipinski definition) is 4. The molecule has 0 spiro atoms. The summed E-state index contributed by atoms with van der Waals surface area (Å²) in [6, 6.07) is 13.2. The van der Waals surface area contributed by atoms with E-state index < -0.39 is 11.5 Å². The molecule has 2 rings (SSSR count). The minimum Gasteiger partial charge on any atom is -0.488 e. The molecule has 0 fully saturated rings. The average molecular weight is 361 g/mol. The predicted octanol–water partition coefficient (Wildman–Crippen LogP) is 3.45. The number of carbonyl (C=O) groups is 1. The van der Waals surface area contributed by atoms with Gasteiger partial charge >= 0.3 is 0 Å². The second kappa shape index (κ2) is 8.14. The topological polar surface area (TPSA) is 70.9 Å². The molecule has 5 nitrogen and oxygen atoms in total. The van der Waals surface area contributed by atoms with Crippen molar-refractivity contribution in [2.45, 2.75) is 33.0 Å². The Labute approximate surface area is 152 Å². The molecule has 0 aliphatic carbocycles. The number of nitrogens with one attached hydrogen (secondary N) is 1. The summed E-state index contributed by atoms with van der Waals surface area (Å²) in [5.74, 6) is -0.0147. The second-order valence-electron chi connectivity index (χ2n) is 6.21. The van der Waals surface area contributed by atoms with Crippen LogP contribution in [0.4, 0.5) is 0 Å². The van der Waals surface area contributed by atoms with Gasteiger partial charge in [0, 0.05) is 10.6 Å². The Balaban J connectivity index is 2.08. The lowest BCUT2D eigenvalue weighted by atomic mass is 10.1. The molecule has 1 amide bonds. The molecule has 0 unspecified atom stereocenters. The second-order valence-corrected chi connectivity index (χ2v) is 6.65. The van der Waals surface area contributed by atoms with E-state index >= 15 is 0 Å². The normalized spacial score (nSPS) is 11.6. The van der Waals surface area contributed by atoms with Gasteiger partial charge in [0.05, 0.1) is 6.21 Å². The van der Waals surface area contributed by atoms with Gasteiger partial charge in [0.15, 0.2) is 0 Å². The molecule has 132 valence electrons. The summed E-state index contributed by atoms with van der Waals surface area (Å²) in [7, 11) is 0. The van der Waals surface area contributed by atoms with Crippen LogP contribution >= 0.6 is 11.6 Å². The standard InChI is InChI=1S/C19H21ClN2O3/c1-13-4-6-14(7-5-13)12-25-17-9-8-16(20)10-15(17)11-21-22-18(23)19(2,3)24/h4-11,24H,12H2,1-3H3,(H,22,23)/b21-11+. The van der Waals surface area contributed by atoms with Gasteiger partial charge < -0.3 is 9.84 Å². The first kappa shape index (κ1) is 19.0. The van der Waals surface area contributed by atoms with Crippen molar-refractivity contribution in [3.8, 4) is 5.75 Å². The Hall–Kier alpha value is -2.37. The van der Waals surface area contributed by atoms with Crippen LogP contribution in [-0.4, -0.2) is 22.8 Å². The number of rotatable bonds is 6. The van der Waals surface area contributed by atoms with Crippen molar-refractivity contribution in [1.82, 2.24) is 5.43 Å². The van der Waals surface area contributed by atoms with Crippen molar-refractivity contribution in [2.75, 3.05) is 0 Å². The number of ether oxygens (including phenoxy) is 1. The van der Waals surface area contributed by atoms with E-state index in [9.17, 15) is 9.90 Å². The van der Waals surface area contributed by atoms with E-state index in [1.54, 1.807) is 18.2 Å². The van der Waals surface area contributed by atoms with E-state index in [-0.39, 0.29) is 0 Å². The van der Waals surface area contributed by atoms with Crippen molar-refractivity contribution in [2.24, 2.45) is 5.10 Å². The van der Waals surface area contributed by atoms with Crippen molar-refractivity contribution < 1.29 is 14.6 Å². The Morgan fingerprint density at radius 3 is 2.60 bits per heavy atom. The SMILES string of the molecule is Cc1ccc(COc2ccc(Cl)cc2/C=N/NC(=O)C(C)(C)O)cc1. The summed E-state index contributed by atoms with van der Waals surface area (Å²) < 4.78 is 5.83. The Morgan fingerprint density at radius 1 is 1.28 bits per heavy atom. The largest absolute Gasteiger partial charge is 0.488 e. The lowest BCUT2D eigenvalue weighted by Gasteiger charge is -2.14. The molecular formula is C19H21ClN2O3. The van der Waals surface area contributed by atoms with Gasteiger partial charge in [-0.3, -0.25) is 4.79 Å². The van der Waals surface area contributed by atoms with Crippen LogP contribution in [0.2, 0.25) is 5.02 Å². The molecule has 6 heteroatoms. The molecule has 0 aliphatic heterocycles. The zero-order valence-corrected chi connectivity index (χ0v) is 15.2. The van der Waals surface area contributed by atoms with Crippen LogP contribution in [0, 0.1) is 6.92 Å². The number of halogens is 1. The van der Waals surface area contributed by atoms with Crippen LogP contribution in [0.1, 0.15) is 30.5 Å². The lowest BCUT2D eigenvalue weighted by Crippen LogP contribution is -2.39. The van der Waals surface area contributed by atoms with Crippen molar-refractivity contribution >= 4 is 23.7 Å². The molecule has 0 heterocycles. The Kier molecular flexibility index (Phi) is 6.17. The highest BCUT2D eigenvalue weighted by atomic mass is 35.5. The van der Waals surface area contributed by atoms with E-state index in [4.69, 9.17) is 16.3 Å². The number of benzene rings is 2. The molecule has 2 N–H and O–H groups in total. The number of hydrazone groups is 1. The number of hydrogen-bond donors (Lipinski definition) is 2. The molecule has 2 aromatic rings. The lowest BCUT2D eigenvalue weighted by molar-refractivity contribution is -0.136. The van der Waals surface area contributed by atoms with Gasteiger partial charge in [-0.25, -0.2) is 5.43 Å². The van der Waals surface area contributed by atoms with Crippen LogP contribution in [0.15, 0.2) is 47.6 Å². The third-order valence-electron chi connectivity index (χ3n) is 3.41. The van der Waals surface area contributed by atoms with Crippen LogP contribution in [-0.2, 0) is 11.4 Å². The fraction of sp³-hybridized carbons (Fsp3) is 0.263. The Morgan fingerprint density at radius 2 is 1.96 bits per heavy atom. The van der Waals surface area contributed by atoms with Crippen molar-refractivity contribution in [1.29, 1.82) is 0 Å². The maximum absolute atomic E-state index is 11.6. The zero-order chi connectivity index (χ0) is 18.4. The van der Waals surface area contributed by atoms with Gasteiger partial charge in [-0.15, -0.1) is 0 Å². The maximum Gasteiger partial charge on any atom is 0.271 e. The number of nitrogens with zero attached hydrogens (tertiary/aromatic N) is 1. The fourth-order valence-corrected chi connectivity index (χ4v) is 2.07. The van der Waals surface area contributed by atoms with E-state index in [1.165, 1.54) is 25.6 Å². The first-order valence-electron chi connectivity index (χ1n) is 7.79. The van der Waals surface area contributed by atoms with Gasteiger partial charge in [-0.05, 0) is 44.5 Å². The minimum absolute atomic E-state index is 0.402. The van der Waals surface area contributed by atoms with Crippen LogP contribution in [0.5, 0.6) is 5.75 Å². The summed E-state index contributed by atoms with van der Waals surface area (Å²) in [5, 5.41) is 14.0. The smallest absolute Gasteiger partial charge is 0.271 e. The van der Waals surface area contributed by atoms with E-state index in [0.717, 1.165) is 5.56 Å². The fourth-order valence-electron chi connectivity index (χ4n) is 1.89. The summed E-state index contributed by atoms with van der Waals surface area (Å²) >= 11 is 6.02. The summed E-state index contributed by atoms with van der Waals surface area (Å²) in [4.78, 5) is 11.6. The number of carbonyl (C=O) groups excluding carboxylic acids is 1. The number of aliphatic hydroxyl groups is 1. The number of amides is 1. The molecule has 0 atom stereocenters. The first-order valence-corrected chi connectivity index (χ1v) is 8.17. The van der Waals surface area contributed by atoms with Crippen molar-refractivity contribution in [3.05, 3.63) is 64.2 Å². The molecule has 2 aromatic carbocycles. The van der Waals surface area contributed by atoms with Crippen LogP contribution < -0.4 is 10.2 Å². The molecule has 0 aromatic heterocycles. The van der Waals surface area contributed by atoms with E-state index in [2.05, 4.69) is 10.5 Å². The molecule has 25 heavy (non-hydrogen) atoms. The van der Waals surface area contributed by atoms with Gasteiger partial charge in [-0.1, -0.05) is 41.4 Å². The minimum atomic E-state index is -1.50. The molecule has 0 bridgehead atoms. The summed E-state index contributed by atoms with van der Waals surface area (Å²) in [6.45, 7) is 5.19.